The third kappa shape index (κ3) is 3.18. The molecule has 0 atom stereocenters. The quantitative estimate of drug-likeness (QED) is 0.770. The molecule has 0 saturated heterocycles. The highest BCUT2D eigenvalue weighted by Crippen LogP contribution is 2.15. The van der Waals surface area contributed by atoms with Crippen LogP contribution in [0.3, 0.4) is 0 Å². The van der Waals surface area contributed by atoms with Gasteiger partial charge in [0.25, 0.3) is 0 Å². The zero-order valence-electron chi connectivity index (χ0n) is 9.84. The molecule has 90 valence electrons. The summed E-state index contributed by atoms with van der Waals surface area (Å²) in [5.41, 5.74) is -0.256. The number of halogens is 1. The first-order valence-electron chi connectivity index (χ1n) is 5.08. The number of nitrogens with one attached hydrogen (secondary N) is 1. The third-order valence-corrected chi connectivity index (χ3v) is 1.91. The van der Waals surface area contributed by atoms with Gasteiger partial charge in [0.15, 0.2) is 11.5 Å². The summed E-state index contributed by atoms with van der Waals surface area (Å²) in [4.78, 5) is 14.4. The van der Waals surface area contributed by atoms with Crippen LogP contribution in [0.15, 0.2) is 6.07 Å². The van der Waals surface area contributed by atoms with Crippen molar-refractivity contribution in [1.82, 2.24) is 4.98 Å². The molecule has 1 heterocycles. The van der Waals surface area contributed by atoms with Crippen molar-refractivity contribution in [3.63, 3.8) is 0 Å². The molecular formula is C12H13FN2O2. The van der Waals surface area contributed by atoms with Crippen LogP contribution in [0.5, 0.6) is 0 Å². The van der Waals surface area contributed by atoms with Crippen LogP contribution in [0.25, 0.3) is 0 Å². The van der Waals surface area contributed by atoms with Gasteiger partial charge in [-0.05, 0) is 6.07 Å². The van der Waals surface area contributed by atoms with Gasteiger partial charge in [-0.2, -0.15) is 0 Å². The van der Waals surface area contributed by atoms with Gasteiger partial charge in [0.1, 0.15) is 5.82 Å². The van der Waals surface area contributed by atoms with E-state index in [0.717, 1.165) is 6.07 Å². The molecule has 0 aliphatic carbocycles. The van der Waals surface area contributed by atoms with E-state index in [1.807, 2.05) is 13.8 Å². The summed E-state index contributed by atoms with van der Waals surface area (Å²) in [6.07, 6.45) is 0. The lowest BCUT2D eigenvalue weighted by atomic mass is 10.1. The monoisotopic (exact) mass is 236 g/mol. The van der Waals surface area contributed by atoms with E-state index in [4.69, 9.17) is 5.11 Å². The first-order valence-corrected chi connectivity index (χ1v) is 5.08. The predicted molar refractivity (Wildman–Crippen MR) is 62.4 cm³/mol. The van der Waals surface area contributed by atoms with E-state index < -0.39 is 17.5 Å². The number of aromatic nitrogens is 1. The molecule has 4 nitrogen and oxygen atoms in total. The van der Waals surface area contributed by atoms with Crippen molar-refractivity contribution in [2.24, 2.45) is 5.92 Å². The maximum atomic E-state index is 13.4. The highest BCUT2D eigenvalue weighted by molar-refractivity contribution is 5.86. The van der Waals surface area contributed by atoms with E-state index >= 15 is 0 Å². The molecule has 0 aliphatic heterocycles. The predicted octanol–water partition coefficient (Wildman–Crippen LogP) is 1.97. The highest BCUT2D eigenvalue weighted by Gasteiger charge is 2.15. The number of carbonyl (C=O) groups is 1. The minimum absolute atomic E-state index is 0.141. The van der Waals surface area contributed by atoms with Crippen molar-refractivity contribution < 1.29 is 14.3 Å². The zero-order chi connectivity index (χ0) is 13.0. The second-order valence-corrected chi connectivity index (χ2v) is 3.69. The Morgan fingerprint density at radius 1 is 1.59 bits per heavy atom. The minimum Gasteiger partial charge on any atom is -0.476 e. The molecular weight excluding hydrogens is 223 g/mol. The average molecular weight is 236 g/mol. The first kappa shape index (κ1) is 13.0. The Balaban J connectivity index is 3.30. The van der Waals surface area contributed by atoms with Crippen molar-refractivity contribution in [3.8, 4) is 11.8 Å². The van der Waals surface area contributed by atoms with Gasteiger partial charge in [-0.15, -0.1) is 0 Å². The summed E-state index contributed by atoms with van der Waals surface area (Å²) in [7, 11) is 1.58. The van der Waals surface area contributed by atoms with Gasteiger partial charge in [-0.1, -0.05) is 25.7 Å². The van der Waals surface area contributed by atoms with Crippen molar-refractivity contribution in [3.05, 3.63) is 23.1 Å². The van der Waals surface area contributed by atoms with Crippen molar-refractivity contribution in [2.75, 3.05) is 12.4 Å². The maximum Gasteiger partial charge on any atom is 0.357 e. The Morgan fingerprint density at radius 3 is 2.71 bits per heavy atom. The van der Waals surface area contributed by atoms with E-state index in [9.17, 15) is 9.18 Å². The second-order valence-electron chi connectivity index (χ2n) is 3.69. The molecule has 0 saturated carbocycles. The summed E-state index contributed by atoms with van der Waals surface area (Å²) in [6.45, 7) is 3.81. The summed E-state index contributed by atoms with van der Waals surface area (Å²) >= 11 is 0. The number of hydrogen-bond donors (Lipinski definition) is 2. The molecule has 0 aliphatic rings. The Morgan fingerprint density at radius 2 is 2.24 bits per heavy atom. The standard InChI is InChI=1S/C12H13FN2O2/c1-7(2)4-5-8-6-9(13)10(12(16)17)15-11(8)14-3/h6-7H,1-3H3,(H,14,15)(H,16,17). The summed E-state index contributed by atoms with van der Waals surface area (Å²) in [5.74, 6) is 3.75. The second kappa shape index (κ2) is 5.30. The Bertz CT molecular complexity index is 501. The normalized spacial score (nSPS) is 9.71. The van der Waals surface area contributed by atoms with Gasteiger partial charge in [0.2, 0.25) is 0 Å². The molecule has 2 N–H and O–H groups in total. The number of pyridine rings is 1. The number of carboxylic acid groups (broad SMARTS) is 1. The van der Waals surface area contributed by atoms with Crippen molar-refractivity contribution in [2.45, 2.75) is 13.8 Å². The molecule has 0 spiro atoms. The van der Waals surface area contributed by atoms with Crippen LogP contribution in [-0.4, -0.2) is 23.1 Å². The maximum absolute atomic E-state index is 13.4. The zero-order valence-corrected chi connectivity index (χ0v) is 9.84. The molecule has 0 unspecified atom stereocenters. The third-order valence-electron chi connectivity index (χ3n) is 1.91. The fraction of sp³-hybridized carbons (Fsp3) is 0.333. The lowest BCUT2D eigenvalue weighted by Gasteiger charge is -2.05. The van der Waals surface area contributed by atoms with Gasteiger partial charge in [0, 0.05) is 13.0 Å². The highest BCUT2D eigenvalue weighted by atomic mass is 19.1. The molecule has 5 heteroatoms. The molecule has 1 aromatic heterocycles. The summed E-state index contributed by atoms with van der Waals surface area (Å²) in [5, 5.41) is 11.4. The van der Waals surface area contributed by atoms with E-state index in [1.165, 1.54) is 0 Å². The molecule has 0 amide bonds. The summed E-state index contributed by atoms with van der Waals surface area (Å²) < 4.78 is 13.4. The number of nitrogens with zero attached hydrogens (tertiary/aromatic N) is 1. The number of aromatic carboxylic acids is 1. The van der Waals surface area contributed by atoms with Crippen LogP contribution in [0.4, 0.5) is 10.2 Å². The van der Waals surface area contributed by atoms with Gasteiger partial charge in [0.05, 0.1) is 5.56 Å². The van der Waals surface area contributed by atoms with Gasteiger partial charge in [-0.3, -0.25) is 0 Å². The Labute approximate surface area is 98.9 Å². The first-order chi connectivity index (χ1) is 7.95. The van der Waals surface area contributed by atoms with Crippen LogP contribution >= 0.6 is 0 Å². The van der Waals surface area contributed by atoms with Crippen LogP contribution in [0.1, 0.15) is 29.9 Å². The summed E-state index contributed by atoms with van der Waals surface area (Å²) in [6, 6.07) is 1.08. The van der Waals surface area contributed by atoms with Crippen LogP contribution in [0.2, 0.25) is 0 Å². The molecule has 0 bridgehead atoms. The van der Waals surface area contributed by atoms with E-state index in [-0.39, 0.29) is 11.7 Å². The SMILES string of the molecule is CNc1nc(C(=O)O)c(F)cc1C#CC(C)C. The molecule has 1 rings (SSSR count). The fourth-order valence-corrected chi connectivity index (χ4v) is 1.15. The topological polar surface area (TPSA) is 62.2 Å². The smallest absolute Gasteiger partial charge is 0.357 e. The number of hydrogen-bond acceptors (Lipinski definition) is 3. The molecule has 0 aromatic carbocycles. The lowest BCUT2D eigenvalue weighted by Crippen LogP contribution is -2.08. The minimum atomic E-state index is -1.40. The van der Waals surface area contributed by atoms with Crippen LogP contribution < -0.4 is 5.32 Å². The lowest BCUT2D eigenvalue weighted by molar-refractivity contribution is 0.0685. The van der Waals surface area contributed by atoms with Crippen LogP contribution in [-0.2, 0) is 0 Å². The fourth-order valence-electron chi connectivity index (χ4n) is 1.15. The number of carboxylic acids is 1. The van der Waals surface area contributed by atoms with Gasteiger partial charge >= 0.3 is 5.97 Å². The van der Waals surface area contributed by atoms with Crippen molar-refractivity contribution in [1.29, 1.82) is 0 Å². The molecule has 0 fully saturated rings. The molecule has 0 radical (unpaired) electrons. The van der Waals surface area contributed by atoms with E-state index in [0.29, 0.717) is 5.56 Å². The Kier molecular flexibility index (Phi) is 4.05. The number of rotatable bonds is 2. The average Bonchev–Trinajstić information content (AvgIpc) is 2.25. The largest absolute Gasteiger partial charge is 0.476 e. The molecule has 1 aromatic rings. The van der Waals surface area contributed by atoms with Crippen molar-refractivity contribution >= 4 is 11.8 Å². The van der Waals surface area contributed by atoms with Crippen LogP contribution in [0, 0.1) is 23.6 Å². The number of anilines is 1. The van der Waals surface area contributed by atoms with E-state index in [2.05, 4.69) is 22.1 Å². The Hall–Kier alpha value is -2.09. The molecule has 17 heavy (non-hydrogen) atoms. The van der Waals surface area contributed by atoms with Gasteiger partial charge < -0.3 is 10.4 Å². The van der Waals surface area contributed by atoms with E-state index in [1.54, 1.807) is 7.05 Å². The van der Waals surface area contributed by atoms with Gasteiger partial charge in [-0.25, -0.2) is 14.2 Å².